The van der Waals surface area contributed by atoms with E-state index in [1.165, 1.54) is 0 Å². The predicted molar refractivity (Wildman–Crippen MR) is 119 cm³/mol. The third-order valence-electron chi connectivity index (χ3n) is 4.30. The van der Waals surface area contributed by atoms with Crippen LogP contribution in [-0.2, 0) is 6.54 Å². The van der Waals surface area contributed by atoms with E-state index in [2.05, 4.69) is 22.2 Å². The summed E-state index contributed by atoms with van der Waals surface area (Å²) in [5, 5.41) is 17.0. The molecule has 0 amide bonds. The fourth-order valence-electron chi connectivity index (χ4n) is 2.76. The van der Waals surface area contributed by atoms with Gasteiger partial charge in [0.05, 0.1) is 26.9 Å². The van der Waals surface area contributed by atoms with Crippen LogP contribution in [-0.4, -0.2) is 45.0 Å². The Morgan fingerprint density at radius 3 is 2.47 bits per heavy atom. The zero-order chi connectivity index (χ0) is 21.8. The highest BCUT2D eigenvalue weighted by molar-refractivity contribution is 5.79. The maximum absolute atomic E-state index is 10.6. The molecule has 0 radical (unpaired) electrons. The SMILES string of the molecule is C=CCOc1ccccc1CN=C(NCC)NCC(O)c1cc(OC)cc(OC)c1. The van der Waals surface area contributed by atoms with Gasteiger partial charge in [0.1, 0.15) is 23.9 Å². The van der Waals surface area contributed by atoms with Crippen LogP contribution >= 0.6 is 0 Å². The summed E-state index contributed by atoms with van der Waals surface area (Å²) in [6.45, 7) is 7.52. The van der Waals surface area contributed by atoms with Gasteiger partial charge in [-0.15, -0.1) is 0 Å². The van der Waals surface area contributed by atoms with Crippen LogP contribution in [0.4, 0.5) is 0 Å². The Bertz CT molecular complexity index is 817. The van der Waals surface area contributed by atoms with Crippen LogP contribution in [0.5, 0.6) is 17.2 Å². The van der Waals surface area contributed by atoms with Crippen LogP contribution in [0.2, 0.25) is 0 Å². The quantitative estimate of drug-likeness (QED) is 0.298. The average Bonchev–Trinajstić information content (AvgIpc) is 2.79. The Morgan fingerprint density at radius 1 is 1.13 bits per heavy atom. The second-order valence-electron chi connectivity index (χ2n) is 6.45. The van der Waals surface area contributed by atoms with Gasteiger partial charge in [-0.1, -0.05) is 30.9 Å². The lowest BCUT2D eigenvalue weighted by atomic mass is 10.1. The number of hydrogen-bond acceptors (Lipinski definition) is 5. The first-order chi connectivity index (χ1) is 14.6. The fourth-order valence-corrected chi connectivity index (χ4v) is 2.76. The molecule has 0 bridgehead atoms. The highest BCUT2D eigenvalue weighted by atomic mass is 16.5. The largest absolute Gasteiger partial charge is 0.497 e. The first-order valence-corrected chi connectivity index (χ1v) is 9.86. The number of hydrogen-bond donors (Lipinski definition) is 3. The van der Waals surface area contributed by atoms with Crippen molar-refractivity contribution in [1.82, 2.24) is 10.6 Å². The summed E-state index contributed by atoms with van der Waals surface area (Å²) in [4.78, 5) is 4.61. The number of nitrogens with one attached hydrogen (secondary N) is 2. The standard InChI is InChI=1S/C23H31N3O4/c1-5-11-30-22-10-8-7-9-17(22)15-25-23(24-6-2)26-16-21(27)18-12-19(28-3)14-20(13-18)29-4/h5,7-10,12-14,21,27H,1,6,11,15-16H2,2-4H3,(H2,24,25,26). The van der Waals surface area contributed by atoms with Crippen molar-refractivity contribution in [3.8, 4) is 17.2 Å². The van der Waals surface area contributed by atoms with E-state index in [1.807, 2.05) is 31.2 Å². The molecule has 0 aliphatic rings. The molecule has 2 rings (SSSR count). The summed E-state index contributed by atoms with van der Waals surface area (Å²) in [5.74, 6) is 2.63. The molecule has 3 N–H and O–H groups in total. The Kier molecular flexibility index (Phi) is 9.54. The highest BCUT2D eigenvalue weighted by Crippen LogP contribution is 2.26. The number of methoxy groups -OCH3 is 2. The van der Waals surface area contributed by atoms with E-state index in [1.54, 1.807) is 38.5 Å². The van der Waals surface area contributed by atoms with Gasteiger partial charge in [0.25, 0.3) is 0 Å². The smallest absolute Gasteiger partial charge is 0.191 e. The van der Waals surface area contributed by atoms with Crippen LogP contribution in [0.3, 0.4) is 0 Å². The molecule has 1 unspecified atom stereocenters. The maximum Gasteiger partial charge on any atom is 0.191 e. The molecule has 0 saturated heterocycles. The Morgan fingerprint density at radius 2 is 1.83 bits per heavy atom. The zero-order valence-corrected chi connectivity index (χ0v) is 17.9. The van der Waals surface area contributed by atoms with Crippen LogP contribution < -0.4 is 24.8 Å². The lowest BCUT2D eigenvalue weighted by molar-refractivity contribution is 0.180. The number of nitrogens with zero attached hydrogens (tertiary/aromatic N) is 1. The van der Waals surface area contributed by atoms with Crippen molar-refractivity contribution in [1.29, 1.82) is 0 Å². The lowest BCUT2D eigenvalue weighted by Gasteiger charge is -2.17. The van der Waals surface area contributed by atoms with E-state index >= 15 is 0 Å². The second-order valence-corrected chi connectivity index (χ2v) is 6.45. The van der Waals surface area contributed by atoms with Gasteiger partial charge in [0.2, 0.25) is 0 Å². The molecule has 0 fully saturated rings. The average molecular weight is 414 g/mol. The molecule has 0 aliphatic heterocycles. The molecular formula is C23H31N3O4. The molecule has 0 aromatic heterocycles. The van der Waals surface area contributed by atoms with Crippen LogP contribution in [0.15, 0.2) is 60.1 Å². The van der Waals surface area contributed by atoms with Gasteiger partial charge < -0.3 is 30.0 Å². The number of aliphatic imine (C=N–C) groups is 1. The molecule has 0 aliphatic carbocycles. The summed E-state index contributed by atoms with van der Waals surface area (Å²) in [5.41, 5.74) is 1.66. The third-order valence-corrected chi connectivity index (χ3v) is 4.30. The summed E-state index contributed by atoms with van der Waals surface area (Å²) < 4.78 is 16.2. The first kappa shape index (κ1) is 23.1. The number of para-hydroxylation sites is 1. The minimum absolute atomic E-state index is 0.275. The second kappa shape index (κ2) is 12.4. The van der Waals surface area contributed by atoms with Gasteiger partial charge >= 0.3 is 0 Å². The van der Waals surface area contributed by atoms with E-state index in [4.69, 9.17) is 14.2 Å². The topological polar surface area (TPSA) is 84.3 Å². The summed E-state index contributed by atoms with van der Waals surface area (Å²) in [6.07, 6.45) is 0.946. The summed E-state index contributed by atoms with van der Waals surface area (Å²) in [6, 6.07) is 13.1. The Hall–Kier alpha value is -3.19. The van der Waals surface area contributed by atoms with E-state index in [9.17, 15) is 5.11 Å². The minimum atomic E-state index is -0.763. The fraction of sp³-hybridized carbons (Fsp3) is 0.348. The molecule has 0 saturated carbocycles. The normalized spacial score (nSPS) is 12.1. The third kappa shape index (κ3) is 7.00. The van der Waals surface area contributed by atoms with Gasteiger partial charge in [-0.3, -0.25) is 0 Å². The van der Waals surface area contributed by atoms with Crippen molar-refractivity contribution in [3.63, 3.8) is 0 Å². The minimum Gasteiger partial charge on any atom is -0.497 e. The van der Waals surface area contributed by atoms with Gasteiger partial charge in [0, 0.05) is 24.7 Å². The van der Waals surface area contributed by atoms with Gasteiger partial charge in [0.15, 0.2) is 5.96 Å². The van der Waals surface area contributed by atoms with Crippen LogP contribution in [0.1, 0.15) is 24.2 Å². The van der Waals surface area contributed by atoms with Crippen LogP contribution in [0.25, 0.3) is 0 Å². The molecule has 7 nitrogen and oxygen atoms in total. The molecule has 2 aromatic carbocycles. The number of aliphatic hydroxyl groups is 1. The number of benzene rings is 2. The molecule has 0 spiro atoms. The highest BCUT2D eigenvalue weighted by Gasteiger charge is 2.12. The van der Waals surface area contributed by atoms with Crippen molar-refractivity contribution in [3.05, 3.63) is 66.2 Å². The van der Waals surface area contributed by atoms with Gasteiger partial charge in [-0.25, -0.2) is 4.99 Å². The molecular weight excluding hydrogens is 382 g/mol. The van der Waals surface area contributed by atoms with Gasteiger partial charge in [-0.05, 0) is 30.7 Å². The van der Waals surface area contributed by atoms with Crippen molar-refractivity contribution >= 4 is 5.96 Å². The Labute approximate surface area is 178 Å². The van der Waals surface area contributed by atoms with E-state index in [0.29, 0.717) is 42.7 Å². The lowest BCUT2D eigenvalue weighted by Crippen LogP contribution is -2.39. The maximum atomic E-state index is 10.6. The number of ether oxygens (including phenoxy) is 3. The molecule has 2 aromatic rings. The van der Waals surface area contributed by atoms with Crippen molar-refractivity contribution in [2.45, 2.75) is 19.6 Å². The predicted octanol–water partition coefficient (Wildman–Crippen LogP) is 3.06. The number of guanidine groups is 1. The molecule has 1 atom stereocenters. The van der Waals surface area contributed by atoms with E-state index < -0.39 is 6.10 Å². The summed E-state index contributed by atoms with van der Waals surface area (Å²) >= 11 is 0. The van der Waals surface area contributed by atoms with Gasteiger partial charge in [-0.2, -0.15) is 0 Å². The van der Waals surface area contributed by atoms with E-state index in [-0.39, 0.29) is 6.54 Å². The Balaban J connectivity index is 2.06. The number of rotatable bonds is 11. The number of aliphatic hydroxyl groups excluding tert-OH is 1. The molecule has 7 heteroatoms. The molecule has 162 valence electrons. The first-order valence-electron chi connectivity index (χ1n) is 9.86. The monoisotopic (exact) mass is 413 g/mol. The van der Waals surface area contributed by atoms with Crippen molar-refractivity contribution in [2.75, 3.05) is 33.9 Å². The summed E-state index contributed by atoms with van der Waals surface area (Å²) in [7, 11) is 3.16. The van der Waals surface area contributed by atoms with E-state index in [0.717, 1.165) is 11.3 Å². The van der Waals surface area contributed by atoms with Crippen molar-refractivity contribution < 1.29 is 19.3 Å². The zero-order valence-electron chi connectivity index (χ0n) is 17.9. The van der Waals surface area contributed by atoms with Crippen molar-refractivity contribution in [2.24, 2.45) is 4.99 Å². The molecule has 30 heavy (non-hydrogen) atoms. The van der Waals surface area contributed by atoms with Crippen LogP contribution in [0, 0.1) is 0 Å². The molecule has 0 heterocycles.